The highest BCUT2D eigenvalue weighted by Crippen LogP contribution is 2.32. The lowest BCUT2D eigenvalue weighted by Gasteiger charge is -2.47. The summed E-state index contributed by atoms with van der Waals surface area (Å²) in [4.78, 5) is 2.61. The standard InChI is InChI=1S/C16H23ClN2/c1-19-14-6-4-7-15(19)10-13(9-14)18-11-12-5-2-3-8-16(12)17/h2-3,5,8,13-15,18H,4,6-7,9-11H2,1H3. The lowest BCUT2D eigenvalue weighted by molar-refractivity contribution is 0.0482. The Kier molecular flexibility index (Phi) is 4.11. The van der Waals surface area contributed by atoms with Crippen LogP contribution in [0.3, 0.4) is 0 Å². The van der Waals surface area contributed by atoms with Crippen LogP contribution in [0.2, 0.25) is 5.02 Å². The first-order valence-corrected chi connectivity index (χ1v) is 7.80. The molecule has 2 heterocycles. The Morgan fingerprint density at radius 1 is 1.21 bits per heavy atom. The van der Waals surface area contributed by atoms with Gasteiger partial charge in [0, 0.05) is 29.7 Å². The zero-order valence-corrected chi connectivity index (χ0v) is 12.4. The summed E-state index contributed by atoms with van der Waals surface area (Å²) in [5.74, 6) is 0. The Morgan fingerprint density at radius 3 is 2.58 bits per heavy atom. The van der Waals surface area contributed by atoms with Crippen molar-refractivity contribution in [3.63, 3.8) is 0 Å². The average Bonchev–Trinajstić information content (AvgIpc) is 2.38. The van der Waals surface area contributed by atoms with Gasteiger partial charge in [0.25, 0.3) is 0 Å². The predicted molar refractivity (Wildman–Crippen MR) is 80.5 cm³/mol. The lowest BCUT2D eigenvalue weighted by Crippen LogP contribution is -2.54. The third-order valence-electron chi connectivity index (χ3n) is 4.88. The summed E-state index contributed by atoms with van der Waals surface area (Å²) in [6, 6.07) is 10.4. The van der Waals surface area contributed by atoms with E-state index in [9.17, 15) is 0 Å². The fraction of sp³-hybridized carbons (Fsp3) is 0.625. The SMILES string of the molecule is CN1C2CCCC1CC(NCc1ccccc1Cl)C2. The minimum Gasteiger partial charge on any atom is -0.310 e. The molecule has 0 amide bonds. The second-order valence-electron chi connectivity index (χ2n) is 6.04. The van der Waals surface area contributed by atoms with E-state index >= 15 is 0 Å². The van der Waals surface area contributed by atoms with Gasteiger partial charge in [-0.2, -0.15) is 0 Å². The van der Waals surface area contributed by atoms with Crippen molar-refractivity contribution in [3.8, 4) is 0 Å². The number of nitrogens with one attached hydrogen (secondary N) is 1. The number of hydrogen-bond acceptors (Lipinski definition) is 2. The number of hydrogen-bond donors (Lipinski definition) is 1. The first-order valence-electron chi connectivity index (χ1n) is 7.43. The van der Waals surface area contributed by atoms with Crippen LogP contribution in [0.15, 0.2) is 24.3 Å². The van der Waals surface area contributed by atoms with Crippen molar-refractivity contribution in [2.24, 2.45) is 0 Å². The molecule has 2 bridgehead atoms. The molecule has 2 fully saturated rings. The Hall–Kier alpha value is -0.570. The number of fused-ring (bicyclic) bond motifs is 2. The van der Waals surface area contributed by atoms with Gasteiger partial charge in [0.2, 0.25) is 0 Å². The molecule has 2 atom stereocenters. The topological polar surface area (TPSA) is 15.3 Å². The van der Waals surface area contributed by atoms with Crippen molar-refractivity contribution < 1.29 is 0 Å². The van der Waals surface area contributed by atoms with Gasteiger partial charge in [0.05, 0.1) is 0 Å². The van der Waals surface area contributed by atoms with Gasteiger partial charge in [-0.05, 0) is 44.4 Å². The Balaban J connectivity index is 1.58. The first-order chi connectivity index (χ1) is 9.24. The molecule has 3 rings (SSSR count). The van der Waals surface area contributed by atoms with E-state index in [-0.39, 0.29) is 0 Å². The summed E-state index contributed by atoms with van der Waals surface area (Å²) in [6.07, 6.45) is 6.74. The summed E-state index contributed by atoms with van der Waals surface area (Å²) < 4.78 is 0. The molecule has 0 aliphatic carbocycles. The van der Waals surface area contributed by atoms with E-state index in [4.69, 9.17) is 11.6 Å². The minimum atomic E-state index is 0.655. The number of benzene rings is 1. The third-order valence-corrected chi connectivity index (χ3v) is 5.25. The van der Waals surface area contributed by atoms with Crippen LogP contribution in [0, 0.1) is 0 Å². The fourth-order valence-corrected chi connectivity index (χ4v) is 3.88. The van der Waals surface area contributed by atoms with Crippen LogP contribution in [0.1, 0.15) is 37.7 Å². The maximum Gasteiger partial charge on any atom is 0.0450 e. The highest BCUT2D eigenvalue weighted by atomic mass is 35.5. The van der Waals surface area contributed by atoms with E-state index in [0.717, 1.165) is 23.7 Å². The third kappa shape index (κ3) is 2.96. The molecule has 104 valence electrons. The van der Waals surface area contributed by atoms with Gasteiger partial charge in [-0.15, -0.1) is 0 Å². The van der Waals surface area contributed by atoms with Crippen LogP contribution >= 0.6 is 11.6 Å². The summed E-state index contributed by atoms with van der Waals surface area (Å²) in [7, 11) is 2.30. The molecule has 0 radical (unpaired) electrons. The summed E-state index contributed by atoms with van der Waals surface area (Å²) in [5.41, 5.74) is 1.22. The molecule has 1 aromatic rings. The quantitative estimate of drug-likeness (QED) is 0.911. The van der Waals surface area contributed by atoms with Crippen molar-refractivity contribution in [1.82, 2.24) is 10.2 Å². The zero-order chi connectivity index (χ0) is 13.2. The van der Waals surface area contributed by atoms with Crippen molar-refractivity contribution in [1.29, 1.82) is 0 Å². The Labute approximate surface area is 121 Å². The molecule has 3 heteroatoms. The van der Waals surface area contributed by atoms with Crippen molar-refractivity contribution in [2.75, 3.05) is 7.05 Å². The molecule has 2 aliphatic rings. The molecule has 2 aliphatic heterocycles. The molecular weight excluding hydrogens is 256 g/mol. The van der Waals surface area contributed by atoms with Crippen LogP contribution in [0.5, 0.6) is 0 Å². The maximum atomic E-state index is 6.21. The van der Waals surface area contributed by atoms with E-state index in [1.54, 1.807) is 0 Å². The molecule has 0 saturated carbocycles. The van der Waals surface area contributed by atoms with Crippen molar-refractivity contribution >= 4 is 11.6 Å². The minimum absolute atomic E-state index is 0.655. The largest absolute Gasteiger partial charge is 0.310 e. The molecule has 1 aromatic carbocycles. The lowest BCUT2D eigenvalue weighted by atomic mass is 9.82. The molecule has 19 heavy (non-hydrogen) atoms. The van der Waals surface area contributed by atoms with Crippen LogP contribution in [-0.2, 0) is 6.54 Å². The molecule has 2 unspecified atom stereocenters. The second kappa shape index (κ2) is 5.82. The van der Waals surface area contributed by atoms with Crippen LogP contribution in [-0.4, -0.2) is 30.1 Å². The maximum absolute atomic E-state index is 6.21. The average molecular weight is 279 g/mol. The first kappa shape index (κ1) is 13.4. The number of nitrogens with zero attached hydrogens (tertiary/aromatic N) is 1. The van der Waals surface area contributed by atoms with Gasteiger partial charge in [0.1, 0.15) is 0 Å². The normalized spacial score (nSPS) is 31.4. The van der Waals surface area contributed by atoms with Gasteiger partial charge in [0.15, 0.2) is 0 Å². The van der Waals surface area contributed by atoms with E-state index in [1.165, 1.54) is 37.7 Å². The van der Waals surface area contributed by atoms with Gasteiger partial charge >= 0.3 is 0 Å². The highest BCUT2D eigenvalue weighted by Gasteiger charge is 2.35. The van der Waals surface area contributed by atoms with Gasteiger partial charge in [-0.1, -0.05) is 36.2 Å². The highest BCUT2D eigenvalue weighted by molar-refractivity contribution is 6.31. The van der Waals surface area contributed by atoms with E-state index in [0.29, 0.717) is 6.04 Å². The van der Waals surface area contributed by atoms with E-state index < -0.39 is 0 Å². The van der Waals surface area contributed by atoms with Crippen molar-refractivity contribution in [3.05, 3.63) is 34.9 Å². The summed E-state index contributed by atoms with van der Waals surface area (Å²) in [5, 5.41) is 4.59. The molecule has 2 nitrogen and oxygen atoms in total. The number of piperidine rings is 2. The van der Waals surface area contributed by atoms with Gasteiger partial charge in [-0.25, -0.2) is 0 Å². The molecule has 1 N–H and O–H groups in total. The molecular formula is C16H23ClN2. The Morgan fingerprint density at radius 2 is 1.89 bits per heavy atom. The fourth-order valence-electron chi connectivity index (χ4n) is 3.68. The van der Waals surface area contributed by atoms with Gasteiger partial charge < -0.3 is 10.2 Å². The Bertz CT molecular complexity index is 421. The monoisotopic (exact) mass is 278 g/mol. The smallest absolute Gasteiger partial charge is 0.0450 e. The van der Waals surface area contributed by atoms with E-state index in [2.05, 4.69) is 29.4 Å². The van der Waals surface area contributed by atoms with Crippen molar-refractivity contribution in [2.45, 2.75) is 56.8 Å². The summed E-state index contributed by atoms with van der Waals surface area (Å²) >= 11 is 6.21. The van der Waals surface area contributed by atoms with Gasteiger partial charge in [-0.3, -0.25) is 0 Å². The molecule has 0 spiro atoms. The zero-order valence-electron chi connectivity index (χ0n) is 11.6. The predicted octanol–water partition coefficient (Wildman–Crippen LogP) is 3.44. The van der Waals surface area contributed by atoms with Crippen LogP contribution in [0.25, 0.3) is 0 Å². The second-order valence-corrected chi connectivity index (χ2v) is 6.45. The van der Waals surface area contributed by atoms with Crippen LogP contribution in [0.4, 0.5) is 0 Å². The van der Waals surface area contributed by atoms with E-state index in [1.807, 2.05) is 12.1 Å². The summed E-state index contributed by atoms with van der Waals surface area (Å²) in [6.45, 7) is 0.896. The van der Waals surface area contributed by atoms with Crippen LogP contribution < -0.4 is 5.32 Å². The number of rotatable bonds is 3. The number of halogens is 1. The molecule has 0 aromatic heterocycles. The molecule has 2 saturated heterocycles.